The van der Waals surface area contributed by atoms with E-state index in [9.17, 15) is 19.7 Å². The van der Waals surface area contributed by atoms with Gasteiger partial charge in [0.2, 0.25) is 0 Å². The van der Waals surface area contributed by atoms with Crippen molar-refractivity contribution in [2.75, 3.05) is 7.11 Å². The van der Waals surface area contributed by atoms with Gasteiger partial charge in [0.05, 0.1) is 23.3 Å². The van der Waals surface area contributed by atoms with Gasteiger partial charge in [0.1, 0.15) is 12.3 Å². The molecule has 0 bridgehead atoms. The molecule has 9 nitrogen and oxygen atoms in total. The number of rotatable bonds is 5. The Balaban J connectivity index is 1.83. The Labute approximate surface area is 152 Å². The number of benzene rings is 1. The Morgan fingerprint density at radius 2 is 2.07 bits per heavy atom. The van der Waals surface area contributed by atoms with Crippen LogP contribution in [0.5, 0.6) is 5.75 Å². The monoisotopic (exact) mass is 369 g/mol. The quantitative estimate of drug-likeness (QED) is 0.385. The van der Waals surface area contributed by atoms with Crippen LogP contribution < -0.4 is 10.3 Å². The highest BCUT2D eigenvalue weighted by Crippen LogP contribution is 2.27. The van der Waals surface area contributed by atoms with Crippen molar-refractivity contribution in [3.63, 3.8) is 0 Å². The molecule has 0 aliphatic carbocycles. The molecule has 0 amide bonds. The Morgan fingerprint density at radius 3 is 2.78 bits per heavy atom. The summed E-state index contributed by atoms with van der Waals surface area (Å²) in [6, 6.07) is 8.58. The SMILES string of the molecule is COc1ccc(C(=O)OCc2cc(=O)n3cccc(C)c3n2)cc1[N+](=O)[O-]. The van der Waals surface area contributed by atoms with Crippen molar-refractivity contribution in [1.82, 2.24) is 9.38 Å². The first-order valence-corrected chi connectivity index (χ1v) is 7.88. The van der Waals surface area contributed by atoms with Gasteiger partial charge in [0.25, 0.3) is 5.56 Å². The van der Waals surface area contributed by atoms with Gasteiger partial charge >= 0.3 is 11.7 Å². The maximum absolute atomic E-state index is 12.2. The largest absolute Gasteiger partial charge is 0.490 e. The van der Waals surface area contributed by atoms with Gasteiger partial charge in [-0.15, -0.1) is 0 Å². The van der Waals surface area contributed by atoms with E-state index in [0.29, 0.717) is 5.65 Å². The van der Waals surface area contributed by atoms with Crippen LogP contribution in [0.1, 0.15) is 21.6 Å². The highest BCUT2D eigenvalue weighted by Gasteiger charge is 2.19. The summed E-state index contributed by atoms with van der Waals surface area (Å²) in [5.74, 6) is -0.733. The van der Waals surface area contributed by atoms with Crippen molar-refractivity contribution >= 4 is 17.3 Å². The van der Waals surface area contributed by atoms with Crippen molar-refractivity contribution in [2.24, 2.45) is 0 Å². The first kappa shape index (κ1) is 18.1. The van der Waals surface area contributed by atoms with Crippen molar-refractivity contribution in [3.8, 4) is 5.75 Å². The van der Waals surface area contributed by atoms with Crippen LogP contribution in [0.3, 0.4) is 0 Å². The van der Waals surface area contributed by atoms with E-state index in [2.05, 4.69) is 4.98 Å². The topological polar surface area (TPSA) is 113 Å². The molecule has 2 aromatic heterocycles. The molecule has 0 saturated heterocycles. The summed E-state index contributed by atoms with van der Waals surface area (Å²) < 4.78 is 11.4. The highest BCUT2D eigenvalue weighted by molar-refractivity contribution is 5.90. The zero-order chi connectivity index (χ0) is 19.6. The number of nitro groups is 1. The van der Waals surface area contributed by atoms with Gasteiger partial charge in [-0.3, -0.25) is 19.3 Å². The van der Waals surface area contributed by atoms with E-state index in [-0.39, 0.29) is 34.9 Å². The molecule has 0 unspecified atom stereocenters. The molecule has 9 heteroatoms. The Hall–Kier alpha value is -3.75. The van der Waals surface area contributed by atoms with Gasteiger partial charge in [-0.25, -0.2) is 9.78 Å². The van der Waals surface area contributed by atoms with E-state index in [4.69, 9.17) is 9.47 Å². The Kier molecular flexibility index (Phi) is 4.84. The molecule has 138 valence electrons. The average Bonchev–Trinajstić information content (AvgIpc) is 2.66. The maximum atomic E-state index is 12.2. The lowest BCUT2D eigenvalue weighted by Gasteiger charge is -2.08. The summed E-state index contributed by atoms with van der Waals surface area (Å²) in [6.07, 6.45) is 1.60. The van der Waals surface area contributed by atoms with Gasteiger partial charge in [-0.2, -0.15) is 0 Å². The second-order valence-corrected chi connectivity index (χ2v) is 5.69. The standard InChI is InChI=1S/C18H15N3O6/c1-11-4-3-7-20-16(22)9-13(19-17(11)20)10-27-18(23)12-5-6-15(26-2)14(8-12)21(24)25/h3-9H,10H2,1-2H3. The molecule has 0 N–H and O–H groups in total. The molecule has 0 radical (unpaired) electrons. The number of esters is 1. The number of fused-ring (bicyclic) bond motifs is 1. The van der Waals surface area contributed by atoms with Crippen LogP contribution in [0.15, 0.2) is 47.4 Å². The number of hydrogen-bond acceptors (Lipinski definition) is 7. The summed E-state index contributed by atoms with van der Waals surface area (Å²) in [4.78, 5) is 39.1. The summed E-state index contributed by atoms with van der Waals surface area (Å²) in [6.45, 7) is 1.58. The van der Waals surface area contributed by atoms with E-state index in [0.717, 1.165) is 11.6 Å². The van der Waals surface area contributed by atoms with Crippen LogP contribution in [-0.2, 0) is 11.3 Å². The minimum absolute atomic E-state index is 0.00353. The number of ether oxygens (including phenoxy) is 2. The van der Waals surface area contributed by atoms with Crippen molar-refractivity contribution in [2.45, 2.75) is 13.5 Å². The van der Waals surface area contributed by atoms with E-state index in [1.807, 2.05) is 13.0 Å². The molecule has 27 heavy (non-hydrogen) atoms. The molecule has 3 rings (SSSR count). The van der Waals surface area contributed by atoms with Gasteiger partial charge in [0, 0.05) is 18.3 Å². The number of methoxy groups -OCH3 is 1. The molecule has 0 fully saturated rings. The maximum Gasteiger partial charge on any atom is 0.338 e. The summed E-state index contributed by atoms with van der Waals surface area (Å²) in [5, 5.41) is 11.1. The van der Waals surface area contributed by atoms with E-state index in [1.54, 1.807) is 12.3 Å². The summed E-state index contributed by atoms with van der Waals surface area (Å²) >= 11 is 0. The fourth-order valence-electron chi connectivity index (χ4n) is 2.57. The number of nitro benzene ring substituents is 1. The number of hydrogen-bond donors (Lipinski definition) is 0. The fraction of sp³-hybridized carbons (Fsp3) is 0.167. The molecule has 3 aromatic rings. The van der Waals surface area contributed by atoms with Crippen molar-refractivity contribution < 1.29 is 19.2 Å². The zero-order valence-corrected chi connectivity index (χ0v) is 14.5. The third kappa shape index (κ3) is 3.61. The van der Waals surface area contributed by atoms with E-state index >= 15 is 0 Å². The van der Waals surface area contributed by atoms with Gasteiger partial charge in [-0.1, -0.05) is 6.07 Å². The van der Waals surface area contributed by atoms with E-state index < -0.39 is 10.9 Å². The third-order valence-electron chi connectivity index (χ3n) is 3.90. The fourth-order valence-corrected chi connectivity index (χ4v) is 2.57. The second kappa shape index (κ2) is 7.24. The molecule has 0 saturated carbocycles. The first-order chi connectivity index (χ1) is 12.9. The lowest BCUT2D eigenvalue weighted by Crippen LogP contribution is -2.17. The van der Waals surface area contributed by atoms with Crippen LogP contribution in [0, 0.1) is 17.0 Å². The molecule has 1 aromatic carbocycles. The Morgan fingerprint density at radius 1 is 1.30 bits per heavy atom. The molecular weight excluding hydrogens is 354 g/mol. The number of carbonyl (C=O) groups excluding carboxylic acids is 1. The van der Waals surface area contributed by atoms with Crippen LogP contribution in [0.2, 0.25) is 0 Å². The van der Waals surface area contributed by atoms with Crippen molar-refractivity contribution in [1.29, 1.82) is 0 Å². The molecule has 2 heterocycles. The highest BCUT2D eigenvalue weighted by atomic mass is 16.6. The summed E-state index contributed by atoms with van der Waals surface area (Å²) in [5.41, 5.74) is 0.908. The smallest absolute Gasteiger partial charge is 0.338 e. The summed E-state index contributed by atoms with van der Waals surface area (Å²) in [7, 11) is 1.30. The van der Waals surface area contributed by atoms with Crippen molar-refractivity contribution in [3.05, 3.63) is 79.9 Å². The molecule has 0 aliphatic heterocycles. The lowest BCUT2D eigenvalue weighted by molar-refractivity contribution is -0.385. The molecule has 0 spiro atoms. The van der Waals surface area contributed by atoms with Crippen LogP contribution >= 0.6 is 0 Å². The van der Waals surface area contributed by atoms with Crippen LogP contribution in [0.25, 0.3) is 5.65 Å². The average molecular weight is 369 g/mol. The predicted octanol–water partition coefficient (Wildman–Crippen LogP) is 2.28. The number of pyridine rings is 1. The molecule has 0 atom stereocenters. The predicted molar refractivity (Wildman–Crippen MR) is 95.0 cm³/mol. The van der Waals surface area contributed by atoms with Crippen LogP contribution in [0.4, 0.5) is 5.69 Å². The Bertz CT molecular complexity index is 1110. The number of nitrogens with zero attached hydrogens (tertiary/aromatic N) is 3. The van der Waals surface area contributed by atoms with Crippen LogP contribution in [-0.4, -0.2) is 27.4 Å². The minimum Gasteiger partial charge on any atom is -0.490 e. The van der Waals surface area contributed by atoms with Gasteiger partial charge < -0.3 is 9.47 Å². The zero-order valence-electron chi connectivity index (χ0n) is 14.5. The minimum atomic E-state index is -0.771. The van der Waals surface area contributed by atoms with Gasteiger partial charge in [-0.05, 0) is 30.7 Å². The normalized spacial score (nSPS) is 10.6. The molecular formula is C18H15N3O6. The molecule has 0 aliphatic rings. The van der Waals surface area contributed by atoms with E-state index in [1.165, 1.54) is 29.7 Å². The third-order valence-corrected chi connectivity index (χ3v) is 3.90. The first-order valence-electron chi connectivity index (χ1n) is 7.88. The number of aryl methyl sites for hydroxylation is 1. The lowest BCUT2D eigenvalue weighted by atomic mass is 10.2. The number of carbonyl (C=O) groups is 1. The van der Waals surface area contributed by atoms with Gasteiger partial charge in [0.15, 0.2) is 5.75 Å². The second-order valence-electron chi connectivity index (χ2n) is 5.69. The number of aromatic nitrogens is 2.